The van der Waals surface area contributed by atoms with E-state index in [0.29, 0.717) is 19.4 Å². The van der Waals surface area contributed by atoms with E-state index in [2.05, 4.69) is 28.9 Å². The van der Waals surface area contributed by atoms with Crippen molar-refractivity contribution in [2.75, 3.05) is 18.1 Å². The summed E-state index contributed by atoms with van der Waals surface area (Å²) in [7, 11) is 0. The lowest BCUT2D eigenvalue weighted by molar-refractivity contribution is -0.118. The van der Waals surface area contributed by atoms with Gasteiger partial charge in [0, 0.05) is 30.4 Å². The minimum atomic E-state index is 0.160. The molecule has 0 aliphatic carbocycles. The van der Waals surface area contributed by atoms with Crippen LogP contribution < -0.4 is 4.90 Å². The molecule has 0 atom stereocenters. The number of rotatable bonds is 8. The van der Waals surface area contributed by atoms with Gasteiger partial charge in [-0.05, 0) is 80.9 Å². The van der Waals surface area contributed by atoms with Crippen molar-refractivity contribution in [1.82, 2.24) is 10.2 Å². The van der Waals surface area contributed by atoms with Crippen molar-refractivity contribution < 1.29 is 9.53 Å². The molecule has 1 aromatic carbocycles. The molecule has 5 nitrogen and oxygen atoms in total. The van der Waals surface area contributed by atoms with Crippen LogP contribution in [0, 0.1) is 0 Å². The Balaban J connectivity index is 1.67. The zero-order valence-corrected chi connectivity index (χ0v) is 18.9. The highest BCUT2D eigenvalue weighted by molar-refractivity contribution is 5.95. The van der Waals surface area contributed by atoms with Crippen LogP contribution in [0.15, 0.2) is 66.2 Å². The molecule has 0 saturated heterocycles. The van der Waals surface area contributed by atoms with Gasteiger partial charge in [-0.2, -0.15) is 5.10 Å². The van der Waals surface area contributed by atoms with E-state index in [9.17, 15) is 4.79 Å². The average molecular weight is 420 g/mol. The summed E-state index contributed by atoms with van der Waals surface area (Å²) in [5.74, 6) is 1.02. The van der Waals surface area contributed by atoms with Crippen molar-refractivity contribution in [2.45, 2.75) is 52.9 Å². The number of nitrogens with one attached hydrogen (secondary N) is 1. The van der Waals surface area contributed by atoms with Gasteiger partial charge in [0.05, 0.1) is 12.8 Å². The maximum Gasteiger partial charge on any atom is 0.227 e. The monoisotopic (exact) mass is 419 g/mol. The van der Waals surface area contributed by atoms with Crippen molar-refractivity contribution >= 4 is 11.6 Å². The number of allylic oxidation sites excluding steroid dienone is 4. The lowest BCUT2D eigenvalue weighted by Crippen LogP contribution is -2.31. The third-order valence-corrected chi connectivity index (χ3v) is 5.93. The predicted molar refractivity (Wildman–Crippen MR) is 127 cm³/mol. The number of carbonyl (C=O) groups is 1. The first-order valence-electron chi connectivity index (χ1n) is 11.1. The number of hydrogen-bond acceptors (Lipinski definition) is 3. The van der Waals surface area contributed by atoms with Gasteiger partial charge < -0.3 is 9.64 Å². The van der Waals surface area contributed by atoms with Gasteiger partial charge in [-0.25, -0.2) is 0 Å². The Hall–Kier alpha value is -3.08. The molecule has 1 aliphatic rings. The molecule has 2 heterocycles. The minimum Gasteiger partial charge on any atom is -0.494 e. The smallest absolute Gasteiger partial charge is 0.227 e. The molecule has 1 aromatic heterocycles. The zero-order chi connectivity index (χ0) is 22.2. The van der Waals surface area contributed by atoms with Gasteiger partial charge in [0.25, 0.3) is 0 Å². The van der Waals surface area contributed by atoms with Gasteiger partial charge in [-0.15, -0.1) is 0 Å². The van der Waals surface area contributed by atoms with Gasteiger partial charge in [0.15, 0.2) is 0 Å². The second-order valence-electron chi connectivity index (χ2n) is 7.91. The predicted octanol–water partition coefficient (Wildman–Crippen LogP) is 5.97. The molecule has 164 valence electrons. The van der Waals surface area contributed by atoms with Crippen molar-refractivity contribution in [3.05, 3.63) is 71.8 Å². The molecule has 0 fully saturated rings. The largest absolute Gasteiger partial charge is 0.494 e. The second-order valence-corrected chi connectivity index (χ2v) is 7.91. The Morgan fingerprint density at radius 2 is 2.16 bits per heavy atom. The third-order valence-electron chi connectivity index (χ3n) is 5.93. The van der Waals surface area contributed by atoms with Crippen LogP contribution in [0.4, 0.5) is 5.69 Å². The van der Waals surface area contributed by atoms with E-state index in [1.807, 2.05) is 56.3 Å². The molecule has 0 saturated carbocycles. The molecule has 1 amide bonds. The third kappa shape index (κ3) is 5.35. The summed E-state index contributed by atoms with van der Waals surface area (Å²) in [5.41, 5.74) is 6.68. The van der Waals surface area contributed by atoms with E-state index in [-0.39, 0.29) is 5.91 Å². The van der Waals surface area contributed by atoms with Gasteiger partial charge in [-0.1, -0.05) is 24.8 Å². The number of H-pyrrole nitrogens is 1. The van der Waals surface area contributed by atoms with Crippen molar-refractivity contribution in [3.63, 3.8) is 0 Å². The normalized spacial score (nSPS) is 15.1. The van der Waals surface area contributed by atoms with Gasteiger partial charge in [-0.3, -0.25) is 9.89 Å². The van der Waals surface area contributed by atoms with Gasteiger partial charge in [0.2, 0.25) is 5.91 Å². The van der Waals surface area contributed by atoms with Crippen molar-refractivity contribution in [3.8, 4) is 11.1 Å². The molecule has 0 spiro atoms. The van der Waals surface area contributed by atoms with Crippen LogP contribution in [-0.4, -0.2) is 29.3 Å². The zero-order valence-electron chi connectivity index (χ0n) is 18.9. The fraction of sp³-hybridized carbons (Fsp3) is 0.385. The van der Waals surface area contributed by atoms with Crippen LogP contribution in [0.1, 0.15) is 52.0 Å². The van der Waals surface area contributed by atoms with Gasteiger partial charge in [0.1, 0.15) is 5.76 Å². The number of benzene rings is 1. The maximum absolute atomic E-state index is 13.1. The molecule has 1 N–H and O–H groups in total. The molecule has 0 bridgehead atoms. The molecule has 1 aliphatic heterocycles. The van der Waals surface area contributed by atoms with Crippen LogP contribution in [0.5, 0.6) is 0 Å². The Morgan fingerprint density at radius 3 is 2.87 bits per heavy atom. The molecule has 3 rings (SSSR count). The molecule has 0 radical (unpaired) electrons. The number of aromatic amines is 1. The van der Waals surface area contributed by atoms with Crippen molar-refractivity contribution in [2.24, 2.45) is 0 Å². The van der Waals surface area contributed by atoms with Crippen LogP contribution in [0.25, 0.3) is 11.1 Å². The number of hydrogen-bond donors (Lipinski definition) is 1. The summed E-state index contributed by atoms with van der Waals surface area (Å²) >= 11 is 0. The lowest BCUT2D eigenvalue weighted by Gasteiger charge is -2.24. The summed E-state index contributed by atoms with van der Waals surface area (Å²) in [5, 5.41) is 6.99. The molecule has 31 heavy (non-hydrogen) atoms. The minimum absolute atomic E-state index is 0.160. The fourth-order valence-electron chi connectivity index (χ4n) is 4.01. The first kappa shape index (κ1) is 22.6. The van der Waals surface area contributed by atoms with E-state index in [4.69, 9.17) is 4.74 Å². The summed E-state index contributed by atoms with van der Waals surface area (Å²) in [6.45, 7) is 11.1. The van der Waals surface area contributed by atoms with E-state index < -0.39 is 0 Å². The number of amides is 1. The topological polar surface area (TPSA) is 58.2 Å². The van der Waals surface area contributed by atoms with Crippen LogP contribution >= 0.6 is 0 Å². The number of aromatic nitrogens is 2. The highest BCUT2D eigenvalue weighted by atomic mass is 16.5. The van der Waals surface area contributed by atoms with E-state index in [0.717, 1.165) is 59.5 Å². The number of nitrogens with zero attached hydrogens (tertiary/aromatic N) is 2. The SMILES string of the molecule is C=C/C(C)=C(C)\C(=C/C)OCCCC(=O)N1CCCCc2c(-c3cn[nH]c3)cccc21. The van der Waals surface area contributed by atoms with Crippen LogP contribution in [0.2, 0.25) is 0 Å². The molecule has 2 aromatic rings. The van der Waals surface area contributed by atoms with E-state index in [1.54, 1.807) is 0 Å². The number of carbonyl (C=O) groups excluding carboxylic acids is 1. The highest BCUT2D eigenvalue weighted by Gasteiger charge is 2.23. The Morgan fingerprint density at radius 1 is 1.32 bits per heavy atom. The van der Waals surface area contributed by atoms with E-state index >= 15 is 0 Å². The van der Waals surface area contributed by atoms with Crippen LogP contribution in [0.3, 0.4) is 0 Å². The lowest BCUT2D eigenvalue weighted by atomic mass is 9.97. The summed E-state index contributed by atoms with van der Waals surface area (Å²) in [4.78, 5) is 15.1. The highest BCUT2D eigenvalue weighted by Crippen LogP contribution is 2.35. The summed E-state index contributed by atoms with van der Waals surface area (Å²) in [6.07, 6.45) is 11.8. The molecule has 0 unspecified atom stereocenters. The van der Waals surface area contributed by atoms with Crippen molar-refractivity contribution in [1.29, 1.82) is 0 Å². The molecular formula is C26H33N3O2. The number of anilines is 1. The molecular weight excluding hydrogens is 386 g/mol. The quantitative estimate of drug-likeness (QED) is 0.326. The summed E-state index contributed by atoms with van der Waals surface area (Å²) < 4.78 is 5.95. The number of fused-ring (bicyclic) bond motifs is 1. The Kier molecular flexibility index (Phi) is 7.88. The average Bonchev–Trinajstić information content (AvgIpc) is 3.24. The van der Waals surface area contributed by atoms with E-state index in [1.165, 1.54) is 5.56 Å². The first-order chi connectivity index (χ1) is 15.1. The summed E-state index contributed by atoms with van der Waals surface area (Å²) in [6, 6.07) is 6.22. The second kappa shape index (κ2) is 10.8. The maximum atomic E-state index is 13.1. The Labute approximate surface area is 185 Å². The fourth-order valence-corrected chi connectivity index (χ4v) is 4.01. The standard InChI is InChI=1S/C26H33N3O2/c1-5-19(3)20(4)25(6-2)31-16-10-14-26(30)29-15-8-7-11-23-22(12-9-13-24(23)29)21-17-27-28-18-21/h5-6,9,12-13,17-18H,1,7-8,10-11,14-16H2,2-4H3,(H,27,28)/b20-19-,25-6+. The molecule has 5 heteroatoms. The number of ether oxygens (including phenoxy) is 1. The van der Waals surface area contributed by atoms with Crippen LogP contribution in [-0.2, 0) is 16.0 Å². The van der Waals surface area contributed by atoms with Gasteiger partial charge >= 0.3 is 0 Å². The Bertz CT molecular complexity index is 971. The first-order valence-corrected chi connectivity index (χ1v) is 11.1.